The first-order valence-electron chi connectivity index (χ1n) is 8.64. The van der Waals surface area contributed by atoms with Crippen molar-refractivity contribution in [3.63, 3.8) is 0 Å². The monoisotopic (exact) mass is 309 g/mol. The zero-order chi connectivity index (χ0) is 15.9. The molecule has 0 bridgehead atoms. The number of anilines is 1. The standard InChI is InChI=1S/C20H27N3/c1-17-7-6-12-23(15-17)16-19-9-5-8-18(13-19)14-21-22-20-10-3-2-4-11-20/h2-5,8-11,13,17,21-22H,6-7,12,14-16H2,1H3. The molecule has 0 spiro atoms. The zero-order valence-corrected chi connectivity index (χ0v) is 14.0. The lowest BCUT2D eigenvalue weighted by molar-refractivity contribution is 0.176. The predicted octanol–water partition coefficient (Wildman–Crippen LogP) is 4.04. The van der Waals surface area contributed by atoms with Gasteiger partial charge < -0.3 is 5.43 Å². The van der Waals surface area contributed by atoms with Gasteiger partial charge in [-0.1, -0.05) is 49.4 Å². The van der Waals surface area contributed by atoms with E-state index >= 15 is 0 Å². The molecule has 2 N–H and O–H groups in total. The third kappa shape index (κ3) is 5.08. The largest absolute Gasteiger partial charge is 0.321 e. The van der Waals surface area contributed by atoms with E-state index in [9.17, 15) is 0 Å². The van der Waals surface area contributed by atoms with Gasteiger partial charge in [0.05, 0.1) is 0 Å². The highest BCUT2D eigenvalue weighted by molar-refractivity contribution is 5.41. The first-order valence-corrected chi connectivity index (χ1v) is 8.64. The van der Waals surface area contributed by atoms with Crippen LogP contribution in [0, 0.1) is 5.92 Å². The van der Waals surface area contributed by atoms with Crippen LogP contribution in [0.1, 0.15) is 30.9 Å². The van der Waals surface area contributed by atoms with Crippen LogP contribution in [0.4, 0.5) is 5.69 Å². The lowest BCUT2D eigenvalue weighted by Gasteiger charge is -2.30. The summed E-state index contributed by atoms with van der Waals surface area (Å²) in [6.45, 7) is 6.73. The number of rotatable bonds is 6. The molecule has 1 unspecified atom stereocenters. The average molecular weight is 309 g/mol. The van der Waals surface area contributed by atoms with Crippen molar-refractivity contribution in [2.75, 3.05) is 18.5 Å². The molecule has 3 rings (SSSR count). The first-order chi connectivity index (χ1) is 11.3. The maximum Gasteiger partial charge on any atom is 0.0487 e. The normalized spacial score (nSPS) is 18.7. The minimum Gasteiger partial charge on any atom is -0.321 e. The maximum absolute atomic E-state index is 3.29. The molecule has 122 valence electrons. The molecule has 1 saturated heterocycles. The fraction of sp³-hybridized carbons (Fsp3) is 0.400. The number of hydrazine groups is 1. The SMILES string of the molecule is CC1CCCN(Cc2cccc(CNNc3ccccc3)c2)C1. The van der Waals surface area contributed by atoms with E-state index in [0.717, 1.165) is 24.7 Å². The summed E-state index contributed by atoms with van der Waals surface area (Å²) in [6, 6.07) is 19.1. The number of benzene rings is 2. The van der Waals surface area contributed by atoms with Crippen molar-refractivity contribution in [3.05, 3.63) is 65.7 Å². The quantitative estimate of drug-likeness (QED) is 0.789. The number of nitrogens with zero attached hydrogens (tertiary/aromatic N) is 1. The Morgan fingerprint density at radius 2 is 1.87 bits per heavy atom. The van der Waals surface area contributed by atoms with Crippen LogP contribution in [0.2, 0.25) is 0 Å². The molecule has 2 aromatic carbocycles. The zero-order valence-electron chi connectivity index (χ0n) is 14.0. The van der Waals surface area contributed by atoms with Crippen molar-refractivity contribution in [1.29, 1.82) is 0 Å². The summed E-state index contributed by atoms with van der Waals surface area (Å²) in [5.41, 5.74) is 10.4. The van der Waals surface area contributed by atoms with E-state index in [1.54, 1.807) is 0 Å². The van der Waals surface area contributed by atoms with Crippen molar-refractivity contribution in [2.24, 2.45) is 5.92 Å². The lowest BCUT2D eigenvalue weighted by atomic mass is 9.99. The summed E-state index contributed by atoms with van der Waals surface area (Å²) in [7, 11) is 0. The highest BCUT2D eigenvalue weighted by Gasteiger charge is 2.16. The van der Waals surface area contributed by atoms with Gasteiger partial charge in [0.25, 0.3) is 0 Å². The van der Waals surface area contributed by atoms with Crippen molar-refractivity contribution < 1.29 is 0 Å². The molecule has 1 aliphatic rings. The van der Waals surface area contributed by atoms with Crippen LogP contribution in [-0.2, 0) is 13.1 Å². The second-order valence-electron chi connectivity index (χ2n) is 6.65. The lowest BCUT2D eigenvalue weighted by Crippen LogP contribution is -2.33. The van der Waals surface area contributed by atoms with Gasteiger partial charge in [-0.3, -0.25) is 4.90 Å². The Hall–Kier alpha value is -1.84. The van der Waals surface area contributed by atoms with E-state index < -0.39 is 0 Å². The minimum absolute atomic E-state index is 0.819. The van der Waals surface area contributed by atoms with E-state index in [1.807, 2.05) is 18.2 Å². The van der Waals surface area contributed by atoms with Crippen LogP contribution < -0.4 is 10.9 Å². The van der Waals surface area contributed by atoms with Gasteiger partial charge in [-0.15, -0.1) is 0 Å². The first kappa shape index (κ1) is 16.0. The maximum atomic E-state index is 3.29. The number of piperidine rings is 1. The summed E-state index contributed by atoms with van der Waals surface area (Å²) in [5.74, 6) is 0.837. The average Bonchev–Trinajstić information content (AvgIpc) is 2.56. The molecular weight excluding hydrogens is 282 g/mol. The molecule has 3 nitrogen and oxygen atoms in total. The smallest absolute Gasteiger partial charge is 0.0487 e. The van der Waals surface area contributed by atoms with Crippen LogP contribution >= 0.6 is 0 Å². The van der Waals surface area contributed by atoms with Gasteiger partial charge in [-0.2, -0.15) is 0 Å². The molecule has 0 saturated carbocycles. The van der Waals surface area contributed by atoms with Crippen molar-refractivity contribution in [1.82, 2.24) is 10.3 Å². The Bertz CT molecular complexity index is 597. The number of likely N-dealkylation sites (tertiary alicyclic amines) is 1. The van der Waals surface area contributed by atoms with Gasteiger partial charge in [0.2, 0.25) is 0 Å². The van der Waals surface area contributed by atoms with Gasteiger partial charge in [-0.25, -0.2) is 5.43 Å². The van der Waals surface area contributed by atoms with Crippen LogP contribution in [0.5, 0.6) is 0 Å². The van der Waals surface area contributed by atoms with E-state index in [4.69, 9.17) is 0 Å². The number of nitrogens with one attached hydrogen (secondary N) is 2. The summed E-state index contributed by atoms with van der Waals surface area (Å²) >= 11 is 0. The summed E-state index contributed by atoms with van der Waals surface area (Å²) in [5, 5.41) is 0. The molecular formula is C20H27N3. The predicted molar refractivity (Wildman–Crippen MR) is 97.0 cm³/mol. The highest BCUT2D eigenvalue weighted by atomic mass is 15.3. The molecule has 23 heavy (non-hydrogen) atoms. The van der Waals surface area contributed by atoms with Gasteiger partial charge in [-0.05, 0) is 48.6 Å². The van der Waals surface area contributed by atoms with Crippen LogP contribution in [0.25, 0.3) is 0 Å². The van der Waals surface area contributed by atoms with Crippen LogP contribution in [-0.4, -0.2) is 18.0 Å². The van der Waals surface area contributed by atoms with Gasteiger partial charge >= 0.3 is 0 Å². The summed E-state index contributed by atoms with van der Waals surface area (Å²) in [4.78, 5) is 2.59. The second kappa shape index (κ2) is 8.14. The van der Waals surface area contributed by atoms with E-state index in [-0.39, 0.29) is 0 Å². The van der Waals surface area contributed by atoms with Crippen LogP contribution in [0.3, 0.4) is 0 Å². The third-order valence-electron chi connectivity index (χ3n) is 4.44. The van der Waals surface area contributed by atoms with Gasteiger partial charge in [0.1, 0.15) is 0 Å². The van der Waals surface area contributed by atoms with Crippen molar-refractivity contribution in [2.45, 2.75) is 32.9 Å². The van der Waals surface area contributed by atoms with Crippen LogP contribution in [0.15, 0.2) is 54.6 Å². The molecule has 0 aliphatic carbocycles. The molecule has 1 heterocycles. The van der Waals surface area contributed by atoms with E-state index in [1.165, 1.54) is 37.1 Å². The summed E-state index contributed by atoms with van der Waals surface area (Å²) in [6.07, 6.45) is 2.72. The molecule has 1 aliphatic heterocycles. The minimum atomic E-state index is 0.819. The second-order valence-corrected chi connectivity index (χ2v) is 6.65. The molecule has 2 aromatic rings. The number of para-hydroxylation sites is 1. The molecule has 3 heteroatoms. The Balaban J connectivity index is 1.50. The van der Waals surface area contributed by atoms with Gasteiger partial charge in [0, 0.05) is 25.3 Å². The molecule has 0 radical (unpaired) electrons. The topological polar surface area (TPSA) is 27.3 Å². The summed E-state index contributed by atoms with van der Waals surface area (Å²) < 4.78 is 0. The number of hydrogen-bond donors (Lipinski definition) is 2. The third-order valence-corrected chi connectivity index (χ3v) is 4.44. The Kier molecular flexibility index (Phi) is 5.67. The molecule has 1 fully saturated rings. The van der Waals surface area contributed by atoms with Crippen molar-refractivity contribution >= 4 is 5.69 Å². The Morgan fingerprint density at radius 3 is 2.70 bits per heavy atom. The van der Waals surface area contributed by atoms with E-state index in [0.29, 0.717) is 0 Å². The fourth-order valence-electron chi connectivity index (χ4n) is 3.30. The van der Waals surface area contributed by atoms with Gasteiger partial charge in [0.15, 0.2) is 0 Å². The molecule has 0 aromatic heterocycles. The molecule has 0 amide bonds. The van der Waals surface area contributed by atoms with E-state index in [2.05, 4.69) is 59.1 Å². The fourth-order valence-corrected chi connectivity index (χ4v) is 3.30. The highest BCUT2D eigenvalue weighted by Crippen LogP contribution is 2.18. The van der Waals surface area contributed by atoms with Crippen molar-refractivity contribution in [3.8, 4) is 0 Å². The Labute approximate surface area is 139 Å². The molecule has 1 atom stereocenters. The Morgan fingerprint density at radius 1 is 1.04 bits per heavy atom. The number of hydrogen-bond acceptors (Lipinski definition) is 3.